The Labute approximate surface area is 155 Å². The van der Waals surface area contributed by atoms with E-state index in [2.05, 4.69) is 4.72 Å². The van der Waals surface area contributed by atoms with Gasteiger partial charge >= 0.3 is 0 Å². The Bertz CT molecular complexity index is 1030. The summed E-state index contributed by atoms with van der Waals surface area (Å²) >= 11 is 0. The van der Waals surface area contributed by atoms with Gasteiger partial charge in [-0.25, -0.2) is 21.6 Å². The molecular weight excluding hydrogens is 372 g/mol. The van der Waals surface area contributed by atoms with E-state index in [1.165, 1.54) is 11.4 Å². The summed E-state index contributed by atoms with van der Waals surface area (Å²) in [6.07, 6.45) is 0.572. The summed E-state index contributed by atoms with van der Waals surface area (Å²) in [7, 11) is -5.69. The Morgan fingerprint density at radius 1 is 1.04 bits per heavy atom. The molecule has 1 heterocycles. The topological polar surface area (TPSA) is 83.6 Å². The summed E-state index contributed by atoms with van der Waals surface area (Å²) in [5, 5.41) is 0. The third kappa shape index (κ3) is 3.83. The van der Waals surface area contributed by atoms with E-state index in [0.29, 0.717) is 13.0 Å². The molecule has 140 valence electrons. The lowest BCUT2D eigenvalue weighted by Gasteiger charge is -2.28. The molecule has 0 spiro atoms. The van der Waals surface area contributed by atoms with Crippen LogP contribution in [0.1, 0.15) is 22.3 Å². The average Bonchev–Trinajstić information content (AvgIpc) is 2.62. The van der Waals surface area contributed by atoms with Gasteiger partial charge in [0.15, 0.2) is 0 Å². The molecule has 1 aliphatic rings. The van der Waals surface area contributed by atoms with E-state index in [4.69, 9.17) is 0 Å². The van der Waals surface area contributed by atoms with E-state index in [9.17, 15) is 16.8 Å². The molecule has 8 heteroatoms. The van der Waals surface area contributed by atoms with Gasteiger partial charge in [0.1, 0.15) is 0 Å². The first kappa shape index (κ1) is 19.0. The Balaban J connectivity index is 1.87. The summed E-state index contributed by atoms with van der Waals surface area (Å²) in [5.41, 5.74) is 3.45. The maximum atomic E-state index is 12.9. The molecular formula is C18H22N2O4S2. The van der Waals surface area contributed by atoms with Crippen molar-refractivity contribution < 1.29 is 16.8 Å². The maximum absolute atomic E-state index is 12.9. The molecule has 1 aliphatic heterocycles. The minimum atomic E-state index is -3.56. The molecule has 26 heavy (non-hydrogen) atoms. The molecule has 2 aromatic rings. The molecule has 0 unspecified atom stereocenters. The number of hydrogen-bond acceptors (Lipinski definition) is 4. The standard InChI is InChI=1S/C18H22N2O4S2/c1-14-5-3-4-6-16(14)13-25(21,22)20-10-9-15-7-8-18(11-17(15)12-20)26(23,24)19-2/h3-8,11,19H,9-10,12-13H2,1-2H3. The van der Waals surface area contributed by atoms with Crippen LogP contribution in [0.5, 0.6) is 0 Å². The Morgan fingerprint density at radius 2 is 1.77 bits per heavy atom. The molecule has 0 aliphatic carbocycles. The molecule has 0 fully saturated rings. The van der Waals surface area contributed by atoms with E-state index in [0.717, 1.165) is 22.3 Å². The van der Waals surface area contributed by atoms with E-state index >= 15 is 0 Å². The zero-order chi connectivity index (χ0) is 18.9. The van der Waals surface area contributed by atoms with Crippen molar-refractivity contribution in [1.29, 1.82) is 0 Å². The van der Waals surface area contributed by atoms with Gasteiger partial charge in [-0.3, -0.25) is 0 Å². The van der Waals surface area contributed by atoms with Gasteiger partial charge in [-0.15, -0.1) is 0 Å². The van der Waals surface area contributed by atoms with Gasteiger partial charge in [0.25, 0.3) is 0 Å². The van der Waals surface area contributed by atoms with Crippen molar-refractivity contribution in [2.24, 2.45) is 0 Å². The zero-order valence-electron chi connectivity index (χ0n) is 14.8. The molecule has 0 atom stereocenters. The van der Waals surface area contributed by atoms with Gasteiger partial charge in [0.05, 0.1) is 10.6 Å². The monoisotopic (exact) mass is 394 g/mol. The molecule has 0 radical (unpaired) electrons. The molecule has 1 N–H and O–H groups in total. The SMILES string of the molecule is CNS(=O)(=O)c1ccc2c(c1)CN(S(=O)(=O)Cc1ccccc1C)CC2. The lowest BCUT2D eigenvalue weighted by atomic mass is 10.0. The molecule has 0 saturated heterocycles. The van der Waals surface area contributed by atoms with Gasteiger partial charge in [0.2, 0.25) is 20.0 Å². The second-order valence-electron chi connectivity index (χ2n) is 6.40. The van der Waals surface area contributed by atoms with Crippen molar-refractivity contribution in [3.8, 4) is 0 Å². The highest BCUT2D eigenvalue weighted by molar-refractivity contribution is 7.89. The fraction of sp³-hybridized carbons (Fsp3) is 0.333. The van der Waals surface area contributed by atoms with Crippen LogP contribution in [-0.2, 0) is 38.8 Å². The number of aryl methyl sites for hydroxylation is 1. The van der Waals surface area contributed by atoms with Crippen LogP contribution >= 0.6 is 0 Å². The highest BCUT2D eigenvalue weighted by Gasteiger charge is 2.28. The minimum Gasteiger partial charge on any atom is -0.214 e. The molecule has 3 rings (SSSR count). The highest BCUT2D eigenvalue weighted by atomic mass is 32.2. The Morgan fingerprint density at radius 3 is 2.46 bits per heavy atom. The third-order valence-corrected chi connectivity index (χ3v) is 7.91. The largest absolute Gasteiger partial charge is 0.240 e. The van der Waals surface area contributed by atoms with Crippen LogP contribution in [0.15, 0.2) is 47.4 Å². The lowest BCUT2D eigenvalue weighted by Crippen LogP contribution is -2.37. The lowest BCUT2D eigenvalue weighted by molar-refractivity contribution is 0.390. The normalized spacial score (nSPS) is 15.6. The minimum absolute atomic E-state index is 0.0521. The van der Waals surface area contributed by atoms with E-state index in [-0.39, 0.29) is 17.2 Å². The van der Waals surface area contributed by atoms with Crippen molar-refractivity contribution in [1.82, 2.24) is 9.03 Å². The third-order valence-electron chi connectivity index (χ3n) is 4.73. The average molecular weight is 395 g/mol. The van der Waals surface area contributed by atoms with Crippen molar-refractivity contribution >= 4 is 20.0 Å². The number of hydrogen-bond donors (Lipinski definition) is 1. The van der Waals surface area contributed by atoms with Crippen LogP contribution < -0.4 is 4.72 Å². The molecule has 0 amide bonds. The van der Waals surface area contributed by atoms with Crippen LogP contribution in [-0.4, -0.2) is 34.7 Å². The van der Waals surface area contributed by atoms with Crippen LogP contribution in [0.25, 0.3) is 0 Å². The zero-order valence-corrected chi connectivity index (χ0v) is 16.4. The van der Waals surface area contributed by atoms with Crippen molar-refractivity contribution in [3.63, 3.8) is 0 Å². The van der Waals surface area contributed by atoms with E-state index < -0.39 is 20.0 Å². The highest BCUT2D eigenvalue weighted by Crippen LogP contribution is 2.26. The molecule has 0 aromatic heterocycles. The summed E-state index contributed by atoms with van der Waals surface area (Å²) in [6, 6.07) is 12.3. The van der Waals surface area contributed by atoms with E-state index in [1.54, 1.807) is 18.2 Å². The number of rotatable bonds is 5. The summed E-state index contributed by atoms with van der Waals surface area (Å²) in [6.45, 7) is 2.49. The van der Waals surface area contributed by atoms with Gasteiger partial charge in [-0.2, -0.15) is 4.31 Å². The summed E-state index contributed by atoms with van der Waals surface area (Å²) < 4.78 is 53.4. The first-order valence-corrected chi connectivity index (χ1v) is 11.4. The van der Waals surface area contributed by atoms with E-state index in [1.807, 2.05) is 31.2 Å². The Hall–Kier alpha value is -1.74. The molecule has 0 bridgehead atoms. The summed E-state index contributed by atoms with van der Waals surface area (Å²) in [5.74, 6) is -0.0521. The van der Waals surface area contributed by atoms with Gasteiger partial charge in [0, 0.05) is 13.1 Å². The van der Waals surface area contributed by atoms with Crippen LogP contribution in [0, 0.1) is 6.92 Å². The van der Waals surface area contributed by atoms with Crippen LogP contribution in [0.4, 0.5) is 0 Å². The Kier molecular flexibility index (Phi) is 5.21. The molecule has 0 saturated carbocycles. The number of nitrogens with one attached hydrogen (secondary N) is 1. The predicted molar refractivity (Wildman–Crippen MR) is 101 cm³/mol. The quantitative estimate of drug-likeness (QED) is 0.838. The molecule has 6 nitrogen and oxygen atoms in total. The maximum Gasteiger partial charge on any atom is 0.240 e. The van der Waals surface area contributed by atoms with Gasteiger partial charge in [-0.1, -0.05) is 30.3 Å². The first-order valence-electron chi connectivity index (χ1n) is 8.30. The fourth-order valence-corrected chi connectivity index (χ4v) is 5.47. The number of sulfonamides is 2. The summed E-state index contributed by atoms with van der Waals surface area (Å²) in [4.78, 5) is 0.150. The number of fused-ring (bicyclic) bond motifs is 1. The van der Waals surface area contributed by atoms with Gasteiger partial charge in [-0.05, 0) is 54.8 Å². The van der Waals surface area contributed by atoms with Crippen LogP contribution in [0.3, 0.4) is 0 Å². The van der Waals surface area contributed by atoms with Crippen molar-refractivity contribution in [2.75, 3.05) is 13.6 Å². The number of benzene rings is 2. The molecule has 2 aromatic carbocycles. The predicted octanol–water partition coefficient (Wildman–Crippen LogP) is 1.79. The van der Waals surface area contributed by atoms with Crippen molar-refractivity contribution in [2.45, 2.75) is 30.5 Å². The van der Waals surface area contributed by atoms with Crippen LogP contribution in [0.2, 0.25) is 0 Å². The second kappa shape index (κ2) is 7.11. The second-order valence-corrected chi connectivity index (χ2v) is 10.3. The smallest absolute Gasteiger partial charge is 0.214 e. The van der Waals surface area contributed by atoms with Crippen molar-refractivity contribution in [3.05, 3.63) is 64.7 Å². The first-order chi connectivity index (χ1) is 12.2. The number of nitrogens with zero attached hydrogens (tertiary/aromatic N) is 1. The van der Waals surface area contributed by atoms with Gasteiger partial charge < -0.3 is 0 Å². The fourth-order valence-electron chi connectivity index (χ4n) is 3.09.